The van der Waals surface area contributed by atoms with Gasteiger partial charge < -0.3 is 14.7 Å². The van der Waals surface area contributed by atoms with Crippen LogP contribution in [-0.4, -0.2) is 47.0 Å². The van der Waals surface area contributed by atoms with Gasteiger partial charge >= 0.3 is 0 Å². The predicted molar refractivity (Wildman–Crippen MR) is 78.9 cm³/mol. The Morgan fingerprint density at radius 2 is 2.40 bits per heavy atom. The summed E-state index contributed by atoms with van der Waals surface area (Å²) in [7, 11) is 0. The van der Waals surface area contributed by atoms with Crippen molar-refractivity contribution < 1.29 is 9.84 Å². The van der Waals surface area contributed by atoms with E-state index in [0.29, 0.717) is 12.5 Å². The summed E-state index contributed by atoms with van der Waals surface area (Å²) in [5, 5.41) is 12.3. The Morgan fingerprint density at radius 1 is 1.55 bits per heavy atom. The van der Waals surface area contributed by atoms with Gasteiger partial charge in [-0.1, -0.05) is 0 Å². The first kappa shape index (κ1) is 13.5. The van der Waals surface area contributed by atoms with Crippen molar-refractivity contribution in [2.24, 2.45) is 5.84 Å². The number of nitrogens with zero attached hydrogens (tertiary/aromatic N) is 3. The summed E-state index contributed by atoms with van der Waals surface area (Å²) in [4.78, 5) is 11.8. The lowest BCUT2D eigenvalue weighted by atomic mass is 10.2. The lowest BCUT2D eigenvalue weighted by molar-refractivity contribution is -0.0422. The van der Waals surface area contributed by atoms with Crippen LogP contribution in [0.3, 0.4) is 0 Å². The third kappa shape index (κ3) is 2.42. The lowest BCUT2D eigenvalue weighted by Gasteiger charge is -2.37. The molecule has 0 amide bonds. The van der Waals surface area contributed by atoms with E-state index < -0.39 is 0 Å². The Bertz CT molecular complexity index is 605. The van der Waals surface area contributed by atoms with Crippen LogP contribution >= 0.6 is 11.3 Å². The van der Waals surface area contributed by atoms with Crippen LogP contribution in [0.4, 0.5) is 11.8 Å². The highest BCUT2D eigenvalue weighted by Gasteiger charge is 2.27. The number of thiophene rings is 1. The molecule has 20 heavy (non-hydrogen) atoms. The van der Waals surface area contributed by atoms with Crippen LogP contribution in [0, 0.1) is 0 Å². The summed E-state index contributed by atoms with van der Waals surface area (Å²) in [6.07, 6.45) is -0.157. The number of hydrogen-bond donors (Lipinski definition) is 3. The topological polar surface area (TPSA) is 96.5 Å². The number of rotatable bonds is 3. The fourth-order valence-electron chi connectivity index (χ4n) is 2.46. The van der Waals surface area contributed by atoms with Gasteiger partial charge in [-0.25, -0.2) is 10.8 Å². The monoisotopic (exact) mass is 295 g/mol. The molecule has 8 heteroatoms. The minimum absolute atomic E-state index is 0.000694. The van der Waals surface area contributed by atoms with Gasteiger partial charge in [0.15, 0.2) is 0 Å². The molecule has 4 N–H and O–H groups in total. The Kier molecular flexibility index (Phi) is 3.70. The maximum absolute atomic E-state index is 9.33. The zero-order valence-electron chi connectivity index (χ0n) is 11.1. The molecule has 0 saturated carbocycles. The van der Waals surface area contributed by atoms with E-state index in [1.807, 2.05) is 18.4 Å². The number of aliphatic hydroxyl groups is 1. The second kappa shape index (κ2) is 5.49. The van der Waals surface area contributed by atoms with Crippen molar-refractivity contribution in [2.75, 3.05) is 30.0 Å². The standard InChI is InChI=1S/C12H17N5O2S/c1-7-4-17(5-8(6-18)19-7)10-9-2-3-20-11(9)15-12(14-10)16-13/h2-3,7-8,18H,4-6,13H2,1H3,(H,14,15,16). The van der Waals surface area contributed by atoms with Crippen LogP contribution in [0.2, 0.25) is 0 Å². The Balaban J connectivity index is 2.01. The quantitative estimate of drug-likeness (QED) is 0.562. The number of hydrazine groups is 1. The molecule has 0 bridgehead atoms. The highest BCUT2D eigenvalue weighted by Crippen LogP contribution is 2.30. The van der Waals surface area contributed by atoms with Crippen molar-refractivity contribution in [3.05, 3.63) is 11.4 Å². The van der Waals surface area contributed by atoms with Gasteiger partial charge in [-0.05, 0) is 18.4 Å². The number of ether oxygens (including phenoxy) is 1. The van der Waals surface area contributed by atoms with Crippen LogP contribution < -0.4 is 16.2 Å². The molecule has 7 nitrogen and oxygen atoms in total. The number of nitrogen functional groups attached to an aromatic ring is 1. The maximum atomic E-state index is 9.33. The van der Waals surface area contributed by atoms with E-state index in [-0.39, 0.29) is 18.8 Å². The van der Waals surface area contributed by atoms with Crippen LogP contribution in [-0.2, 0) is 4.74 Å². The zero-order valence-corrected chi connectivity index (χ0v) is 11.9. The average molecular weight is 295 g/mol. The molecule has 2 aromatic heterocycles. The molecule has 1 aliphatic rings. The molecule has 1 fully saturated rings. The van der Waals surface area contributed by atoms with E-state index in [1.165, 1.54) is 0 Å². The van der Waals surface area contributed by atoms with E-state index in [1.54, 1.807) is 11.3 Å². The Labute approximate surface area is 120 Å². The number of nitrogens with one attached hydrogen (secondary N) is 1. The summed E-state index contributed by atoms with van der Waals surface area (Å²) in [5.74, 6) is 6.66. The number of morpholine rings is 1. The molecule has 0 radical (unpaired) electrons. The van der Waals surface area contributed by atoms with Crippen LogP contribution in [0.25, 0.3) is 10.2 Å². The Morgan fingerprint density at radius 3 is 3.15 bits per heavy atom. The molecule has 0 aliphatic carbocycles. The number of aromatic nitrogens is 2. The van der Waals surface area contributed by atoms with Crippen molar-refractivity contribution in [1.29, 1.82) is 0 Å². The predicted octanol–water partition coefficient (Wildman–Crippen LogP) is 0.563. The number of nitrogens with two attached hydrogens (primary N) is 1. The van der Waals surface area contributed by atoms with Crippen LogP contribution in [0.1, 0.15) is 6.92 Å². The van der Waals surface area contributed by atoms with Gasteiger partial charge in [-0.2, -0.15) is 4.98 Å². The van der Waals surface area contributed by atoms with E-state index >= 15 is 0 Å². The molecule has 1 saturated heterocycles. The van der Waals surface area contributed by atoms with Crippen LogP contribution in [0.15, 0.2) is 11.4 Å². The molecule has 3 rings (SSSR count). The van der Waals surface area contributed by atoms with Crippen molar-refractivity contribution >= 4 is 33.3 Å². The normalized spacial score (nSPS) is 23.2. The van der Waals surface area contributed by atoms with Crippen molar-refractivity contribution in [1.82, 2.24) is 9.97 Å². The fraction of sp³-hybridized carbons (Fsp3) is 0.500. The van der Waals surface area contributed by atoms with Crippen LogP contribution in [0.5, 0.6) is 0 Å². The van der Waals surface area contributed by atoms with Gasteiger partial charge in [0, 0.05) is 13.1 Å². The molecule has 0 aromatic carbocycles. The SMILES string of the molecule is CC1CN(c2nc(NN)nc3sccc23)CC(CO)O1. The van der Waals surface area contributed by atoms with Gasteiger partial charge in [0.05, 0.1) is 24.2 Å². The van der Waals surface area contributed by atoms with Crippen molar-refractivity contribution in [3.8, 4) is 0 Å². The number of fused-ring (bicyclic) bond motifs is 1. The molecule has 2 atom stereocenters. The number of anilines is 2. The van der Waals surface area contributed by atoms with Crippen molar-refractivity contribution in [3.63, 3.8) is 0 Å². The lowest BCUT2D eigenvalue weighted by Crippen LogP contribution is -2.48. The average Bonchev–Trinajstić information content (AvgIpc) is 2.93. The smallest absolute Gasteiger partial charge is 0.240 e. The maximum Gasteiger partial charge on any atom is 0.240 e. The highest BCUT2D eigenvalue weighted by molar-refractivity contribution is 7.16. The summed E-state index contributed by atoms with van der Waals surface area (Å²) in [6, 6.07) is 2.00. The third-order valence-electron chi connectivity index (χ3n) is 3.26. The van der Waals surface area contributed by atoms with E-state index in [2.05, 4.69) is 20.3 Å². The van der Waals surface area contributed by atoms with Gasteiger partial charge in [0.1, 0.15) is 10.6 Å². The first-order chi connectivity index (χ1) is 9.71. The zero-order chi connectivity index (χ0) is 14.1. The minimum Gasteiger partial charge on any atom is -0.394 e. The number of aliphatic hydroxyl groups excluding tert-OH is 1. The Hall–Kier alpha value is -1.48. The molecule has 108 valence electrons. The van der Waals surface area contributed by atoms with E-state index in [4.69, 9.17) is 10.6 Å². The van der Waals surface area contributed by atoms with E-state index in [0.717, 1.165) is 22.6 Å². The first-order valence-corrected chi connectivity index (χ1v) is 7.32. The molecule has 0 spiro atoms. The second-order valence-electron chi connectivity index (χ2n) is 4.81. The number of hydrogen-bond acceptors (Lipinski definition) is 8. The summed E-state index contributed by atoms with van der Waals surface area (Å²) >= 11 is 1.55. The molecule has 1 aliphatic heterocycles. The van der Waals surface area contributed by atoms with Gasteiger partial charge in [-0.3, -0.25) is 5.43 Å². The largest absolute Gasteiger partial charge is 0.394 e. The highest BCUT2D eigenvalue weighted by atomic mass is 32.1. The summed E-state index contributed by atoms with van der Waals surface area (Å²) in [6.45, 7) is 3.32. The summed E-state index contributed by atoms with van der Waals surface area (Å²) in [5.41, 5.74) is 2.50. The molecule has 3 heterocycles. The van der Waals surface area contributed by atoms with Gasteiger partial charge in [0.25, 0.3) is 0 Å². The molecule has 2 aromatic rings. The minimum atomic E-state index is -0.198. The van der Waals surface area contributed by atoms with Gasteiger partial charge in [-0.15, -0.1) is 11.3 Å². The van der Waals surface area contributed by atoms with Gasteiger partial charge in [0.2, 0.25) is 5.95 Å². The second-order valence-corrected chi connectivity index (χ2v) is 5.71. The molecular formula is C12H17N5O2S. The van der Waals surface area contributed by atoms with E-state index in [9.17, 15) is 5.11 Å². The first-order valence-electron chi connectivity index (χ1n) is 6.44. The third-order valence-corrected chi connectivity index (χ3v) is 4.07. The molecule has 2 unspecified atom stereocenters. The molecular weight excluding hydrogens is 278 g/mol. The fourth-order valence-corrected chi connectivity index (χ4v) is 3.22. The summed E-state index contributed by atoms with van der Waals surface area (Å²) < 4.78 is 5.66. The van der Waals surface area contributed by atoms with Crippen molar-refractivity contribution in [2.45, 2.75) is 19.1 Å².